The van der Waals surface area contributed by atoms with Crippen LogP contribution in [0.5, 0.6) is 0 Å². The fraction of sp³-hybridized carbons (Fsp3) is 0.833. The summed E-state index contributed by atoms with van der Waals surface area (Å²) in [4.78, 5) is 26.4. The molecule has 2 saturated heterocycles. The number of likely N-dealkylation sites (tertiary alicyclic amines) is 1. The topological polar surface area (TPSA) is 70.1 Å². The second-order valence-electron chi connectivity index (χ2n) is 4.95. The molecule has 2 rings (SSSR count). The van der Waals surface area contributed by atoms with Crippen LogP contribution in [0.2, 0.25) is 0 Å². The van der Waals surface area contributed by atoms with Crippen LogP contribution < -0.4 is 0 Å². The maximum Gasteiger partial charge on any atom is 0.320 e. The van der Waals surface area contributed by atoms with Crippen molar-refractivity contribution in [3.05, 3.63) is 0 Å². The van der Waals surface area contributed by atoms with Gasteiger partial charge in [-0.3, -0.25) is 19.4 Å². The highest BCUT2D eigenvalue weighted by atomic mass is 16.5. The lowest BCUT2D eigenvalue weighted by atomic mass is 10.2. The van der Waals surface area contributed by atoms with Crippen molar-refractivity contribution in [3.63, 3.8) is 0 Å². The van der Waals surface area contributed by atoms with Gasteiger partial charge in [0, 0.05) is 25.2 Å². The predicted octanol–water partition coefficient (Wildman–Crippen LogP) is -0.217. The Morgan fingerprint density at radius 1 is 1.22 bits per heavy atom. The Morgan fingerprint density at radius 3 is 2.33 bits per heavy atom. The lowest BCUT2D eigenvalue weighted by Crippen LogP contribution is -2.55. The Morgan fingerprint density at radius 2 is 1.83 bits per heavy atom. The first kappa shape index (κ1) is 13.3. The molecule has 0 saturated carbocycles. The number of nitrogens with zero attached hydrogens (tertiary/aromatic N) is 2. The number of aliphatic carboxylic acids is 1. The molecular weight excluding hydrogens is 236 g/mol. The van der Waals surface area contributed by atoms with E-state index < -0.39 is 5.97 Å². The third kappa shape index (κ3) is 3.00. The molecule has 2 heterocycles. The van der Waals surface area contributed by atoms with Gasteiger partial charge in [0.1, 0.15) is 0 Å². The second kappa shape index (κ2) is 5.67. The van der Waals surface area contributed by atoms with Crippen LogP contribution in [-0.2, 0) is 14.3 Å². The van der Waals surface area contributed by atoms with E-state index in [0.717, 1.165) is 25.9 Å². The normalized spacial score (nSPS) is 28.3. The molecular formula is C12H20N2O4. The van der Waals surface area contributed by atoms with Gasteiger partial charge >= 0.3 is 11.9 Å². The van der Waals surface area contributed by atoms with E-state index in [-0.39, 0.29) is 24.6 Å². The molecule has 2 aliphatic rings. The number of carboxylic acid groups (broad SMARTS) is 1. The molecule has 2 fully saturated rings. The van der Waals surface area contributed by atoms with Crippen LogP contribution in [0.3, 0.4) is 0 Å². The molecule has 6 nitrogen and oxygen atoms in total. The van der Waals surface area contributed by atoms with Crippen molar-refractivity contribution in [2.24, 2.45) is 0 Å². The van der Waals surface area contributed by atoms with Crippen molar-refractivity contribution in [2.45, 2.75) is 31.8 Å². The summed E-state index contributed by atoms with van der Waals surface area (Å²) in [6.45, 7) is 4.17. The summed E-state index contributed by atoms with van der Waals surface area (Å²) < 4.78 is 4.94. The van der Waals surface area contributed by atoms with Crippen LogP contribution in [0.1, 0.15) is 19.8 Å². The van der Waals surface area contributed by atoms with Crippen molar-refractivity contribution in [1.82, 2.24) is 9.80 Å². The molecule has 1 N–H and O–H groups in total. The molecule has 0 aromatic heterocycles. The molecule has 0 spiro atoms. The number of ether oxygens (including phenoxy) is 1. The smallest absolute Gasteiger partial charge is 0.320 e. The van der Waals surface area contributed by atoms with Crippen molar-refractivity contribution in [2.75, 3.05) is 32.8 Å². The molecule has 2 aliphatic heterocycles. The zero-order valence-corrected chi connectivity index (χ0v) is 10.7. The highest BCUT2D eigenvalue weighted by Crippen LogP contribution is 2.29. The van der Waals surface area contributed by atoms with Crippen molar-refractivity contribution in [1.29, 1.82) is 0 Å². The summed E-state index contributed by atoms with van der Waals surface area (Å²) in [5, 5.41) is 8.88. The molecule has 102 valence electrons. The van der Waals surface area contributed by atoms with Crippen LogP contribution in [0, 0.1) is 0 Å². The molecule has 6 heteroatoms. The van der Waals surface area contributed by atoms with Gasteiger partial charge in [-0.15, -0.1) is 0 Å². The zero-order chi connectivity index (χ0) is 13.1. The van der Waals surface area contributed by atoms with Gasteiger partial charge in [0.05, 0.1) is 19.7 Å². The molecule has 2 bridgehead atoms. The first-order valence-electron chi connectivity index (χ1n) is 6.45. The number of esters is 1. The van der Waals surface area contributed by atoms with E-state index in [9.17, 15) is 9.59 Å². The maximum atomic E-state index is 11.4. The number of carboxylic acids is 1. The standard InChI is InChI=1S/C12H20N2O4/c1-2-18-12(17)8-13-5-9-3-4-10(6-13)14(9)7-11(15)16/h9-10H,2-8H2,1H3,(H,15,16). The van der Waals surface area contributed by atoms with E-state index in [1.165, 1.54) is 0 Å². The summed E-state index contributed by atoms with van der Waals surface area (Å²) in [6, 6.07) is 0.545. The van der Waals surface area contributed by atoms with E-state index in [1.54, 1.807) is 6.92 Å². The lowest BCUT2D eigenvalue weighted by Gasteiger charge is -2.39. The fourth-order valence-corrected chi connectivity index (χ4v) is 3.01. The summed E-state index contributed by atoms with van der Waals surface area (Å²) in [6.07, 6.45) is 2.05. The summed E-state index contributed by atoms with van der Waals surface area (Å²) in [7, 11) is 0. The monoisotopic (exact) mass is 256 g/mol. The van der Waals surface area contributed by atoms with Gasteiger partial charge in [0.25, 0.3) is 0 Å². The minimum atomic E-state index is -0.772. The predicted molar refractivity (Wildman–Crippen MR) is 64.2 cm³/mol. The van der Waals surface area contributed by atoms with Gasteiger partial charge in [-0.05, 0) is 19.8 Å². The third-order valence-corrected chi connectivity index (χ3v) is 3.68. The van der Waals surface area contributed by atoms with Crippen molar-refractivity contribution >= 4 is 11.9 Å². The molecule has 0 aromatic rings. The molecule has 18 heavy (non-hydrogen) atoms. The molecule has 0 radical (unpaired) electrons. The first-order valence-corrected chi connectivity index (χ1v) is 6.45. The highest BCUT2D eigenvalue weighted by Gasteiger charge is 2.40. The van der Waals surface area contributed by atoms with Crippen LogP contribution in [-0.4, -0.2) is 71.7 Å². The number of piperazine rings is 1. The Hall–Kier alpha value is -1.14. The first-order chi connectivity index (χ1) is 8.60. The minimum absolute atomic E-state index is 0.114. The Balaban J connectivity index is 1.87. The van der Waals surface area contributed by atoms with E-state index in [2.05, 4.69) is 9.80 Å². The number of rotatable bonds is 5. The third-order valence-electron chi connectivity index (χ3n) is 3.68. The Bertz CT molecular complexity index is 320. The van der Waals surface area contributed by atoms with E-state index in [1.807, 2.05) is 0 Å². The summed E-state index contributed by atoms with van der Waals surface area (Å²) in [5.74, 6) is -0.964. The molecule has 0 aromatic carbocycles. The van der Waals surface area contributed by atoms with Gasteiger partial charge in [-0.2, -0.15) is 0 Å². The summed E-state index contributed by atoms with van der Waals surface area (Å²) >= 11 is 0. The van der Waals surface area contributed by atoms with Crippen molar-refractivity contribution < 1.29 is 19.4 Å². The molecule has 0 amide bonds. The highest BCUT2D eigenvalue weighted by molar-refractivity contribution is 5.71. The Labute approximate surface area is 106 Å². The van der Waals surface area contributed by atoms with Gasteiger partial charge in [0.15, 0.2) is 0 Å². The number of carbonyl (C=O) groups excluding carboxylic acids is 1. The maximum absolute atomic E-state index is 11.4. The van der Waals surface area contributed by atoms with Crippen molar-refractivity contribution in [3.8, 4) is 0 Å². The van der Waals surface area contributed by atoms with Crippen LogP contribution >= 0.6 is 0 Å². The fourth-order valence-electron chi connectivity index (χ4n) is 3.01. The Kier molecular flexibility index (Phi) is 4.19. The van der Waals surface area contributed by atoms with Crippen LogP contribution in [0.15, 0.2) is 0 Å². The minimum Gasteiger partial charge on any atom is -0.480 e. The lowest BCUT2D eigenvalue weighted by molar-refractivity contribution is -0.146. The molecule has 2 unspecified atom stereocenters. The molecule has 2 atom stereocenters. The average Bonchev–Trinajstić information content (AvgIpc) is 2.53. The largest absolute Gasteiger partial charge is 0.480 e. The second-order valence-corrected chi connectivity index (χ2v) is 4.95. The van der Waals surface area contributed by atoms with Crippen LogP contribution in [0.25, 0.3) is 0 Å². The van der Waals surface area contributed by atoms with Crippen LogP contribution in [0.4, 0.5) is 0 Å². The SMILES string of the molecule is CCOC(=O)CN1CC2CCC(C1)N2CC(=O)O. The number of hydrogen-bond acceptors (Lipinski definition) is 5. The zero-order valence-electron chi connectivity index (χ0n) is 10.7. The average molecular weight is 256 g/mol. The van der Waals surface area contributed by atoms with Gasteiger partial charge in [-0.25, -0.2) is 0 Å². The quantitative estimate of drug-likeness (QED) is 0.686. The van der Waals surface area contributed by atoms with E-state index in [0.29, 0.717) is 13.2 Å². The number of fused-ring (bicyclic) bond motifs is 2. The summed E-state index contributed by atoms with van der Waals surface area (Å²) in [5.41, 5.74) is 0. The van der Waals surface area contributed by atoms with E-state index >= 15 is 0 Å². The van der Waals surface area contributed by atoms with Gasteiger partial charge < -0.3 is 9.84 Å². The number of hydrogen-bond donors (Lipinski definition) is 1. The van der Waals surface area contributed by atoms with E-state index in [4.69, 9.17) is 9.84 Å². The van der Waals surface area contributed by atoms with Gasteiger partial charge in [0.2, 0.25) is 0 Å². The molecule has 0 aliphatic carbocycles. The van der Waals surface area contributed by atoms with Gasteiger partial charge in [-0.1, -0.05) is 0 Å². The number of carbonyl (C=O) groups is 2.